The van der Waals surface area contributed by atoms with Crippen LogP contribution in [0, 0.1) is 0 Å². The fourth-order valence-corrected chi connectivity index (χ4v) is 2.04. The van der Waals surface area contributed by atoms with Gasteiger partial charge in [0.05, 0.1) is 15.5 Å². The van der Waals surface area contributed by atoms with E-state index in [-0.39, 0.29) is 18.2 Å². The van der Waals surface area contributed by atoms with Gasteiger partial charge in [-0.2, -0.15) is 0 Å². The highest BCUT2D eigenvalue weighted by Crippen LogP contribution is 2.30. The Morgan fingerprint density at radius 1 is 1.19 bits per heavy atom. The molecule has 0 aromatic heterocycles. The van der Waals surface area contributed by atoms with E-state index >= 15 is 0 Å². The fraction of sp³-hybridized carbons (Fsp3) is 0.467. The molecule has 0 heterocycles. The minimum Gasteiger partial charge on any atom is -0.355 e. The lowest BCUT2D eigenvalue weighted by atomic mass is 9.83. The average Bonchev–Trinajstić information content (AvgIpc) is 2.41. The maximum Gasteiger partial charge on any atom is 0.230 e. The monoisotopic (exact) mass is 330 g/mol. The lowest BCUT2D eigenvalue weighted by Gasteiger charge is -2.24. The van der Waals surface area contributed by atoms with Crippen LogP contribution < -0.4 is 5.32 Å². The summed E-state index contributed by atoms with van der Waals surface area (Å²) in [6.07, 6.45) is 0.274. The normalized spacial score (nSPS) is 11.1. The van der Waals surface area contributed by atoms with Crippen molar-refractivity contribution in [1.82, 2.24) is 10.2 Å². The molecule has 0 unspecified atom stereocenters. The van der Waals surface area contributed by atoms with E-state index in [1.807, 2.05) is 0 Å². The van der Waals surface area contributed by atoms with Gasteiger partial charge in [-0.05, 0) is 31.5 Å². The van der Waals surface area contributed by atoms with E-state index in [2.05, 4.69) is 5.32 Å². The topological polar surface area (TPSA) is 49.4 Å². The molecule has 0 bridgehead atoms. The molecule has 0 aliphatic carbocycles. The average molecular weight is 331 g/mol. The Kier molecular flexibility index (Phi) is 6.05. The molecule has 0 fully saturated rings. The number of nitrogens with one attached hydrogen (secondary N) is 1. The van der Waals surface area contributed by atoms with E-state index < -0.39 is 5.41 Å². The summed E-state index contributed by atoms with van der Waals surface area (Å²) in [4.78, 5) is 25.3. The second kappa shape index (κ2) is 7.14. The first-order valence-electron chi connectivity index (χ1n) is 6.60. The second-order valence-electron chi connectivity index (χ2n) is 5.55. The highest BCUT2D eigenvalue weighted by molar-refractivity contribution is 6.42. The number of hydrogen-bond acceptors (Lipinski definition) is 2. The van der Waals surface area contributed by atoms with Crippen molar-refractivity contribution in [3.63, 3.8) is 0 Å². The Morgan fingerprint density at radius 2 is 1.81 bits per heavy atom. The van der Waals surface area contributed by atoms with Crippen LogP contribution >= 0.6 is 23.2 Å². The van der Waals surface area contributed by atoms with E-state index in [0.29, 0.717) is 16.6 Å². The first kappa shape index (κ1) is 17.8. The number of carbonyl (C=O) groups excluding carboxylic acids is 2. The second-order valence-corrected chi connectivity index (χ2v) is 6.36. The largest absolute Gasteiger partial charge is 0.355 e. The quantitative estimate of drug-likeness (QED) is 0.902. The van der Waals surface area contributed by atoms with Crippen LogP contribution in [-0.2, 0) is 15.0 Å². The van der Waals surface area contributed by atoms with Gasteiger partial charge in [0, 0.05) is 27.1 Å². The molecule has 4 nitrogen and oxygen atoms in total. The van der Waals surface area contributed by atoms with Gasteiger partial charge in [-0.25, -0.2) is 0 Å². The van der Waals surface area contributed by atoms with E-state index in [9.17, 15) is 9.59 Å². The molecule has 1 rings (SSSR count). The van der Waals surface area contributed by atoms with E-state index in [4.69, 9.17) is 23.2 Å². The van der Waals surface area contributed by atoms with Crippen molar-refractivity contribution in [2.24, 2.45) is 0 Å². The van der Waals surface area contributed by atoms with Gasteiger partial charge in [0.25, 0.3) is 0 Å². The Hall–Kier alpha value is -1.26. The smallest absolute Gasteiger partial charge is 0.230 e. The molecule has 0 saturated carbocycles. The third kappa shape index (κ3) is 4.61. The first-order chi connectivity index (χ1) is 9.66. The summed E-state index contributed by atoms with van der Waals surface area (Å²) in [7, 11) is 3.37. The minimum absolute atomic E-state index is 0.0253. The van der Waals surface area contributed by atoms with Crippen LogP contribution in [0.5, 0.6) is 0 Å². The highest BCUT2D eigenvalue weighted by atomic mass is 35.5. The molecule has 0 spiro atoms. The van der Waals surface area contributed by atoms with Gasteiger partial charge in [0.15, 0.2) is 0 Å². The van der Waals surface area contributed by atoms with Gasteiger partial charge in [0.1, 0.15) is 0 Å². The molecule has 1 aromatic rings. The first-order valence-corrected chi connectivity index (χ1v) is 7.36. The summed E-state index contributed by atoms with van der Waals surface area (Å²) < 4.78 is 0. The zero-order valence-electron chi connectivity index (χ0n) is 12.7. The van der Waals surface area contributed by atoms with Crippen molar-refractivity contribution < 1.29 is 9.59 Å². The van der Waals surface area contributed by atoms with Crippen molar-refractivity contribution in [2.75, 3.05) is 20.6 Å². The molecule has 0 saturated heterocycles. The van der Waals surface area contributed by atoms with E-state index in [1.165, 1.54) is 4.90 Å². The van der Waals surface area contributed by atoms with E-state index in [1.54, 1.807) is 46.1 Å². The Balaban J connectivity index is 2.71. The third-order valence-corrected chi connectivity index (χ3v) is 4.07. The van der Waals surface area contributed by atoms with Crippen molar-refractivity contribution in [2.45, 2.75) is 25.7 Å². The van der Waals surface area contributed by atoms with Crippen molar-refractivity contribution >= 4 is 35.0 Å². The van der Waals surface area contributed by atoms with Crippen molar-refractivity contribution in [3.05, 3.63) is 33.8 Å². The van der Waals surface area contributed by atoms with Gasteiger partial charge in [-0.1, -0.05) is 29.3 Å². The molecule has 116 valence electrons. The van der Waals surface area contributed by atoms with Crippen molar-refractivity contribution in [1.29, 1.82) is 0 Å². The van der Waals surface area contributed by atoms with Crippen LogP contribution in [0.1, 0.15) is 25.8 Å². The van der Waals surface area contributed by atoms with Crippen molar-refractivity contribution in [3.8, 4) is 0 Å². The summed E-state index contributed by atoms with van der Waals surface area (Å²) in [5, 5.41) is 3.65. The number of nitrogens with zero attached hydrogens (tertiary/aromatic N) is 1. The maximum atomic E-state index is 12.3. The Labute approximate surface area is 135 Å². The van der Waals surface area contributed by atoms with Gasteiger partial charge in [-0.3, -0.25) is 9.59 Å². The van der Waals surface area contributed by atoms with Crippen LogP contribution in [0.2, 0.25) is 10.0 Å². The number of rotatable bonds is 5. The van der Waals surface area contributed by atoms with Gasteiger partial charge >= 0.3 is 0 Å². The molecule has 6 heteroatoms. The predicted octanol–water partition coefficient (Wildman–Crippen LogP) is 2.87. The fourth-order valence-electron chi connectivity index (χ4n) is 1.74. The standard InChI is InChI=1S/C15H20Cl2N2O2/c1-15(2,10-5-6-11(16)12(17)9-10)14(21)18-8-7-13(20)19(3)4/h5-6,9H,7-8H2,1-4H3,(H,18,21). The summed E-state index contributed by atoms with van der Waals surface area (Å²) in [6, 6.07) is 5.14. The highest BCUT2D eigenvalue weighted by Gasteiger charge is 2.30. The predicted molar refractivity (Wildman–Crippen MR) is 85.8 cm³/mol. The molecule has 0 radical (unpaired) electrons. The lowest BCUT2D eigenvalue weighted by molar-refractivity contribution is -0.129. The lowest BCUT2D eigenvalue weighted by Crippen LogP contribution is -2.41. The Bertz CT molecular complexity index is 542. The van der Waals surface area contributed by atoms with Crippen LogP contribution in [0.3, 0.4) is 0 Å². The summed E-state index contributed by atoms with van der Waals surface area (Å²) in [6.45, 7) is 3.91. The molecular formula is C15H20Cl2N2O2. The van der Waals surface area contributed by atoms with Crippen LogP contribution in [0.15, 0.2) is 18.2 Å². The molecule has 1 aromatic carbocycles. The van der Waals surface area contributed by atoms with Crippen LogP contribution in [0.4, 0.5) is 0 Å². The molecule has 0 aliphatic rings. The number of amides is 2. The number of carbonyl (C=O) groups is 2. The van der Waals surface area contributed by atoms with Gasteiger partial charge in [0.2, 0.25) is 11.8 Å². The summed E-state index contributed by atoms with van der Waals surface area (Å²) >= 11 is 11.9. The molecule has 21 heavy (non-hydrogen) atoms. The zero-order chi connectivity index (χ0) is 16.2. The number of halogens is 2. The molecule has 0 atom stereocenters. The maximum absolute atomic E-state index is 12.3. The Morgan fingerprint density at radius 3 is 2.33 bits per heavy atom. The molecule has 1 N–H and O–H groups in total. The summed E-state index contributed by atoms with van der Waals surface area (Å²) in [5.74, 6) is -0.185. The van der Waals surface area contributed by atoms with E-state index in [0.717, 1.165) is 5.56 Å². The van der Waals surface area contributed by atoms with Crippen LogP contribution in [-0.4, -0.2) is 37.4 Å². The zero-order valence-corrected chi connectivity index (χ0v) is 14.2. The SMILES string of the molecule is CN(C)C(=O)CCNC(=O)C(C)(C)c1ccc(Cl)c(Cl)c1. The minimum atomic E-state index is -0.755. The van der Waals surface area contributed by atoms with Crippen LogP contribution in [0.25, 0.3) is 0 Å². The molecular weight excluding hydrogens is 311 g/mol. The number of hydrogen-bond donors (Lipinski definition) is 1. The summed E-state index contributed by atoms with van der Waals surface area (Å²) in [5.41, 5.74) is 0.0170. The van der Waals surface area contributed by atoms with Gasteiger partial charge < -0.3 is 10.2 Å². The van der Waals surface area contributed by atoms with Gasteiger partial charge in [-0.15, -0.1) is 0 Å². The molecule has 2 amide bonds. The third-order valence-electron chi connectivity index (χ3n) is 3.33. The number of benzene rings is 1. The molecule has 0 aliphatic heterocycles.